The van der Waals surface area contributed by atoms with Crippen molar-refractivity contribution in [2.45, 2.75) is 19.6 Å². The van der Waals surface area contributed by atoms with Crippen molar-refractivity contribution in [2.24, 2.45) is 4.99 Å². The first-order valence-electron chi connectivity index (χ1n) is 7.67. The Balaban J connectivity index is 1.91. The van der Waals surface area contributed by atoms with Crippen LogP contribution >= 0.6 is 0 Å². The Morgan fingerprint density at radius 2 is 1.84 bits per heavy atom. The van der Waals surface area contributed by atoms with Gasteiger partial charge in [0.15, 0.2) is 11.6 Å². The predicted molar refractivity (Wildman–Crippen MR) is 87.8 cm³/mol. The van der Waals surface area contributed by atoms with Crippen LogP contribution in [0.3, 0.4) is 0 Å². The lowest BCUT2D eigenvalue weighted by atomic mass is 10.0. The second-order valence-corrected chi connectivity index (χ2v) is 5.83. The Labute approximate surface area is 141 Å². The molecule has 0 atom stereocenters. The molecule has 0 spiro atoms. The maximum Gasteiger partial charge on any atom is 0.416 e. The van der Waals surface area contributed by atoms with Crippen LogP contribution in [0.15, 0.2) is 47.5 Å². The molecular formula is C18H13F3N4. The van der Waals surface area contributed by atoms with Gasteiger partial charge in [-0.2, -0.15) is 13.2 Å². The van der Waals surface area contributed by atoms with Crippen molar-refractivity contribution >= 4 is 6.21 Å². The van der Waals surface area contributed by atoms with Crippen LogP contribution in [0.2, 0.25) is 0 Å². The van der Waals surface area contributed by atoms with E-state index in [1.807, 2.05) is 28.8 Å². The third-order valence-electron chi connectivity index (χ3n) is 4.17. The highest BCUT2D eigenvalue weighted by atomic mass is 19.4. The molecule has 3 aromatic rings. The molecule has 4 nitrogen and oxygen atoms in total. The van der Waals surface area contributed by atoms with Gasteiger partial charge < -0.3 is 0 Å². The molecule has 0 fully saturated rings. The van der Waals surface area contributed by atoms with E-state index in [4.69, 9.17) is 0 Å². The number of benzene rings is 2. The summed E-state index contributed by atoms with van der Waals surface area (Å²) in [4.78, 5) is 4.33. The molecule has 0 bridgehead atoms. The van der Waals surface area contributed by atoms with Crippen molar-refractivity contribution in [1.29, 1.82) is 0 Å². The first kappa shape index (κ1) is 15.6. The minimum Gasteiger partial charge on any atom is -0.284 e. The summed E-state index contributed by atoms with van der Waals surface area (Å²) in [7, 11) is 0. The maximum atomic E-state index is 12.9. The molecule has 1 aliphatic rings. The van der Waals surface area contributed by atoms with Crippen LogP contribution in [0.4, 0.5) is 13.2 Å². The average Bonchev–Trinajstić information content (AvgIpc) is 2.89. The minimum atomic E-state index is -4.37. The number of halogens is 3. The summed E-state index contributed by atoms with van der Waals surface area (Å²) in [5.74, 6) is 1.16. The quantitative estimate of drug-likeness (QED) is 0.665. The number of hydrogen-bond acceptors (Lipinski definition) is 3. The van der Waals surface area contributed by atoms with Crippen molar-refractivity contribution in [3.05, 3.63) is 65.0 Å². The van der Waals surface area contributed by atoms with Gasteiger partial charge in [-0.05, 0) is 30.7 Å². The zero-order valence-corrected chi connectivity index (χ0v) is 13.2. The molecule has 2 heterocycles. The molecule has 0 saturated heterocycles. The fraction of sp³-hybridized carbons (Fsp3) is 0.167. The van der Waals surface area contributed by atoms with Gasteiger partial charge in [-0.15, -0.1) is 10.2 Å². The molecule has 0 saturated carbocycles. The van der Waals surface area contributed by atoms with E-state index in [0.717, 1.165) is 23.4 Å². The lowest BCUT2D eigenvalue weighted by Gasteiger charge is -2.13. The molecule has 0 radical (unpaired) electrons. The zero-order valence-electron chi connectivity index (χ0n) is 13.2. The number of para-hydroxylation sites is 1. The van der Waals surface area contributed by atoms with Crippen LogP contribution in [0.5, 0.6) is 0 Å². The molecule has 0 amide bonds. The van der Waals surface area contributed by atoms with Gasteiger partial charge in [0, 0.05) is 17.3 Å². The first-order chi connectivity index (χ1) is 11.9. The Hall–Kier alpha value is -2.96. The van der Waals surface area contributed by atoms with Crippen molar-refractivity contribution in [1.82, 2.24) is 14.8 Å². The van der Waals surface area contributed by atoms with Gasteiger partial charge >= 0.3 is 6.18 Å². The number of nitrogens with zero attached hydrogens (tertiary/aromatic N) is 4. The largest absolute Gasteiger partial charge is 0.416 e. The molecule has 1 aromatic heterocycles. The third-order valence-corrected chi connectivity index (χ3v) is 4.17. The van der Waals surface area contributed by atoms with E-state index in [0.29, 0.717) is 29.3 Å². The van der Waals surface area contributed by atoms with Gasteiger partial charge in [-0.25, -0.2) is 0 Å². The SMILES string of the molecule is Cc1cc(C(F)(F)F)ccc1-c1nnc2n1-c1ccccc1C=NC2. The molecule has 4 rings (SSSR count). The number of aliphatic imine (C=N–C) groups is 1. The van der Waals surface area contributed by atoms with Gasteiger partial charge in [-0.3, -0.25) is 9.56 Å². The molecule has 0 N–H and O–H groups in total. The monoisotopic (exact) mass is 342 g/mol. The van der Waals surface area contributed by atoms with Crippen LogP contribution in [-0.2, 0) is 12.7 Å². The zero-order chi connectivity index (χ0) is 17.6. The van der Waals surface area contributed by atoms with Crippen LogP contribution < -0.4 is 0 Å². The molecule has 25 heavy (non-hydrogen) atoms. The second kappa shape index (κ2) is 5.54. The normalized spacial score (nSPS) is 13.3. The van der Waals surface area contributed by atoms with Crippen molar-refractivity contribution in [3.63, 3.8) is 0 Å². The molecule has 2 aromatic carbocycles. The summed E-state index contributed by atoms with van der Waals surface area (Å²) in [6, 6.07) is 11.3. The van der Waals surface area contributed by atoms with Crippen molar-refractivity contribution in [3.8, 4) is 17.1 Å². The average molecular weight is 342 g/mol. The molecule has 0 aliphatic carbocycles. The predicted octanol–water partition coefficient (Wildman–Crippen LogP) is 4.19. The van der Waals surface area contributed by atoms with E-state index >= 15 is 0 Å². The summed E-state index contributed by atoms with van der Waals surface area (Å²) in [6.45, 7) is 2.01. The van der Waals surface area contributed by atoms with Crippen molar-refractivity contribution < 1.29 is 13.2 Å². The molecule has 1 aliphatic heterocycles. The molecular weight excluding hydrogens is 329 g/mol. The Bertz CT molecular complexity index is 986. The lowest BCUT2D eigenvalue weighted by Crippen LogP contribution is -2.07. The fourth-order valence-electron chi connectivity index (χ4n) is 2.96. The van der Waals surface area contributed by atoms with Gasteiger partial charge in [-0.1, -0.05) is 24.3 Å². The van der Waals surface area contributed by atoms with Crippen LogP contribution in [0.1, 0.15) is 22.5 Å². The third kappa shape index (κ3) is 2.61. The summed E-state index contributed by atoms with van der Waals surface area (Å²) >= 11 is 0. The number of rotatable bonds is 1. The Kier molecular flexibility index (Phi) is 3.45. The van der Waals surface area contributed by atoms with E-state index in [1.54, 1.807) is 13.1 Å². The Morgan fingerprint density at radius 3 is 2.60 bits per heavy atom. The van der Waals surface area contributed by atoms with E-state index in [9.17, 15) is 13.2 Å². The van der Waals surface area contributed by atoms with E-state index in [2.05, 4.69) is 15.2 Å². The van der Waals surface area contributed by atoms with E-state index < -0.39 is 11.7 Å². The number of aryl methyl sites for hydroxylation is 1. The maximum absolute atomic E-state index is 12.9. The summed E-state index contributed by atoms with van der Waals surface area (Å²) in [5, 5.41) is 8.40. The smallest absolute Gasteiger partial charge is 0.284 e. The first-order valence-corrected chi connectivity index (χ1v) is 7.67. The molecule has 126 valence electrons. The molecule has 7 heteroatoms. The summed E-state index contributed by atoms with van der Waals surface area (Å²) in [6.07, 6.45) is -2.60. The highest BCUT2D eigenvalue weighted by Gasteiger charge is 2.31. The van der Waals surface area contributed by atoms with Crippen LogP contribution in [0, 0.1) is 6.92 Å². The Morgan fingerprint density at radius 1 is 1.04 bits per heavy atom. The highest BCUT2D eigenvalue weighted by Crippen LogP contribution is 2.34. The second-order valence-electron chi connectivity index (χ2n) is 5.83. The standard InChI is InChI=1S/C18H13F3N4/c1-11-8-13(18(19,20)21)6-7-14(11)17-24-23-16-10-22-9-12-4-2-3-5-15(12)25(16)17/h2-9H,10H2,1H3. The fourth-order valence-corrected chi connectivity index (χ4v) is 2.96. The van der Waals surface area contributed by atoms with E-state index in [1.165, 1.54) is 6.07 Å². The number of hydrogen-bond donors (Lipinski definition) is 0. The van der Waals surface area contributed by atoms with Gasteiger partial charge in [0.2, 0.25) is 0 Å². The van der Waals surface area contributed by atoms with Gasteiger partial charge in [0.1, 0.15) is 0 Å². The summed E-state index contributed by atoms with van der Waals surface area (Å²) < 4.78 is 40.6. The van der Waals surface area contributed by atoms with Crippen LogP contribution in [0.25, 0.3) is 17.1 Å². The number of alkyl halides is 3. The van der Waals surface area contributed by atoms with Crippen molar-refractivity contribution in [2.75, 3.05) is 0 Å². The van der Waals surface area contributed by atoms with Gasteiger partial charge in [0.25, 0.3) is 0 Å². The van der Waals surface area contributed by atoms with Crippen LogP contribution in [-0.4, -0.2) is 21.0 Å². The number of aromatic nitrogens is 3. The minimum absolute atomic E-state index is 0.362. The number of fused-ring (bicyclic) bond motifs is 3. The van der Waals surface area contributed by atoms with Gasteiger partial charge in [0.05, 0.1) is 17.8 Å². The summed E-state index contributed by atoms with van der Waals surface area (Å²) in [5.41, 5.74) is 2.20. The molecule has 0 unspecified atom stereocenters. The lowest BCUT2D eigenvalue weighted by molar-refractivity contribution is -0.137. The highest BCUT2D eigenvalue weighted by molar-refractivity contribution is 5.86. The topological polar surface area (TPSA) is 43.1 Å². The van der Waals surface area contributed by atoms with E-state index in [-0.39, 0.29) is 0 Å².